The number of carbonyl (C=O) groups is 1. The molecule has 1 aliphatic rings. The average Bonchev–Trinajstić information content (AvgIpc) is 2.87. The number of alkyl halides is 3. The maximum atomic E-state index is 13.5. The molecule has 0 amide bonds. The molecule has 0 aliphatic carbocycles. The predicted molar refractivity (Wildman–Crippen MR) is 72.8 cm³/mol. The molecule has 1 N–H and O–H groups in total. The average molecular weight is 301 g/mol. The fraction of sp³-hybridized carbons (Fsp3) is 0.533. The first-order valence-electron chi connectivity index (χ1n) is 6.70. The SMILES string of the molecule is COc1cc(C)cc(C)c1C(=O)C1(C(F)(F)F)CCNC1. The van der Waals surface area contributed by atoms with Gasteiger partial charge in [-0.1, -0.05) is 6.07 Å². The van der Waals surface area contributed by atoms with E-state index in [1.807, 2.05) is 0 Å². The maximum absolute atomic E-state index is 13.5. The standard InChI is InChI=1S/C15H18F3NO2/c1-9-6-10(2)12(11(7-9)21-3)13(20)14(15(16,17)18)4-5-19-8-14/h6-7,19H,4-5,8H2,1-3H3. The second kappa shape index (κ2) is 5.33. The van der Waals surface area contributed by atoms with Crippen LogP contribution in [0.3, 0.4) is 0 Å². The van der Waals surface area contributed by atoms with E-state index in [0.29, 0.717) is 5.56 Å². The van der Waals surface area contributed by atoms with Crippen LogP contribution in [-0.2, 0) is 0 Å². The van der Waals surface area contributed by atoms with Crippen molar-refractivity contribution >= 4 is 5.78 Å². The van der Waals surface area contributed by atoms with Crippen LogP contribution in [0.4, 0.5) is 13.2 Å². The zero-order valence-electron chi connectivity index (χ0n) is 12.2. The molecule has 1 aromatic rings. The predicted octanol–water partition coefficient (Wildman–Crippen LogP) is 3.04. The van der Waals surface area contributed by atoms with Gasteiger partial charge >= 0.3 is 6.18 Å². The van der Waals surface area contributed by atoms with Crippen molar-refractivity contribution in [2.45, 2.75) is 26.4 Å². The second-order valence-corrected chi connectivity index (χ2v) is 5.49. The minimum absolute atomic E-state index is 0.0316. The third kappa shape index (κ3) is 2.52. The summed E-state index contributed by atoms with van der Waals surface area (Å²) in [5, 5.41) is 2.66. The normalized spacial score (nSPS) is 22.4. The van der Waals surface area contributed by atoms with Crippen LogP contribution >= 0.6 is 0 Å². The molecule has 3 nitrogen and oxygen atoms in total. The lowest BCUT2D eigenvalue weighted by molar-refractivity contribution is -0.197. The molecule has 0 aromatic heterocycles. The molecule has 1 fully saturated rings. The van der Waals surface area contributed by atoms with Gasteiger partial charge in [0.25, 0.3) is 0 Å². The van der Waals surface area contributed by atoms with Gasteiger partial charge in [-0.2, -0.15) is 13.2 Å². The number of methoxy groups -OCH3 is 1. The fourth-order valence-electron chi connectivity index (χ4n) is 2.88. The van der Waals surface area contributed by atoms with Crippen LogP contribution in [0.1, 0.15) is 27.9 Å². The molecule has 0 radical (unpaired) electrons. The van der Waals surface area contributed by atoms with Gasteiger partial charge in [-0.3, -0.25) is 4.79 Å². The topological polar surface area (TPSA) is 38.3 Å². The van der Waals surface area contributed by atoms with E-state index in [0.717, 1.165) is 5.56 Å². The molecule has 116 valence electrons. The second-order valence-electron chi connectivity index (χ2n) is 5.49. The Labute approximate surface area is 121 Å². The summed E-state index contributed by atoms with van der Waals surface area (Å²) in [5.41, 5.74) is -0.983. The van der Waals surface area contributed by atoms with Gasteiger partial charge in [0.1, 0.15) is 11.2 Å². The summed E-state index contributed by atoms with van der Waals surface area (Å²) in [4.78, 5) is 12.7. The highest BCUT2D eigenvalue weighted by molar-refractivity contribution is 6.05. The third-order valence-corrected chi connectivity index (χ3v) is 4.02. The van der Waals surface area contributed by atoms with Crippen molar-refractivity contribution < 1.29 is 22.7 Å². The van der Waals surface area contributed by atoms with Crippen molar-refractivity contribution in [3.63, 3.8) is 0 Å². The summed E-state index contributed by atoms with van der Waals surface area (Å²) >= 11 is 0. The van der Waals surface area contributed by atoms with Crippen molar-refractivity contribution in [2.75, 3.05) is 20.2 Å². The van der Waals surface area contributed by atoms with Gasteiger partial charge in [0.2, 0.25) is 0 Å². The minimum Gasteiger partial charge on any atom is -0.496 e. The number of benzene rings is 1. The minimum atomic E-state index is -4.59. The summed E-state index contributed by atoms with van der Waals surface area (Å²) in [6.45, 7) is 3.24. The smallest absolute Gasteiger partial charge is 0.402 e. The van der Waals surface area contributed by atoms with E-state index < -0.39 is 17.4 Å². The van der Waals surface area contributed by atoms with Gasteiger partial charge in [0.15, 0.2) is 5.78 Å². The van der Waals surface area contributed by atoms with E-state index >= 15 is 0 Å². The Morgan fingerprint density at radius 1 is 1.33 bits per heavy atom. The van der Waals surface area contributed by atoms with Crippen LogP contribution in [0.2, 0.25) is 0 Å². The first-order valence-corrected chi connectivity index (χ1v) is 6.70. The number of carbonyl (C=O) groups excluding carboxylic acids is 1. The van der Waals surface area contributed by atoms with Crippen molar-refractivity contribution in [2.24, 2.45) is 5.41 Å². The highest BCUT2D eigenvalue weighted by atomic mass is 19.4. The van der Waals surface area contributed by atoms with Crippen LogP contribution in [0.5, 0.6) is 5.75 Å². The molecule has 0 bridgehead atoms. The van der Waals surface area contributed by atoms with E-state index in [1.54, 1.807) is 26.0 Å². The van der Waals surface area contributed by atoms with Crippen molar-refractivity contribution in [1.29, 1.82) is 0 Å². The van der Waals surface area contributed by atoms with Crippen LogP contribution in [-0.4, -0.2) is 32.2 Å². The number of ether oxygens (including phenoxy) is 1. The lowest BCUT2D eigenvalue weighted by Gasteiger charge is -2.30. The summed E-state index contributed by atoms with van der Waals surface area (Å²) in [6, 6.07) is 3.29. The molecule has 1 unspecified atom stereocenters. The zero-order chi connectivity index (χ0) is 15.8. The van der Waals surface area contributed by atoms with Gasteiger partial charge in [0.05, 0.1) is 12.7 Å². The quantitative estimate of drug-likeness (QED) is 0.872. The van der Waals surface area contributed by atoms with Crippen LogP contribution in [0.15, 0.2) is 12.1 Å². The van der Waals surface area contributed by atoms with Gasteiger partial charge in [-0.25, -0.2) is 0 Å². The summed E-state index contributed by atoms with van der Waals surface area (Å²) in [7, 11) is 1.36. The zero-order valence-corrected chi connectivity index (χ0v) is 12.2. The van der Waals surface area contributed by atoms with Crippen LogP contribution < -0.4 is 10.1 Å². The lowest BCUT2D eigenvalue weighted by Crippen LogP contribution is -2.47. The summed E-state index contributed by atoms with van der Waals surface area (Å²) < 4.78 is 45.6. The maximum Gasteiger partial charge on any atom is 0.402 e. The first-order chi connectivity index (χ1) is 9.73. The van der Waals surface area contributed by atoms with E-state index in [-0.39, 0.29) is 30.8 Å². The molecule has 1 saturated heterocycles. The van der Waals surface area contributed by atoms with Crippen LogP contribution in [0.25, 0.3) is 0 Å². The Kier molecular flexibility index (Phi) is 4.02. The number of hydrogen-bond donors (Lipinski definition) is 1. The summed E-state index contributed by atoms with van der Waals surface area (Å²) in [5.74, 6) is -0.706. The largest absolute Gasteiger partial charge is 0.496 e. The molecule has 1 atom stereocenters. The molecule has 2 rings (SSSR count). The Balaban J connectivity index is 2.58. The molecule has 1 aliphatic heterocycles. The Morgan fingerprint density at radius 3 is 2.48 bits per heavy atom. The molecular formula is C15H18F3NO2. The Bertz CT molecular complexity index is 561. The van der Waals surface area contributed by atoms with E-state index in [1.165, 1.54) is 7.11 Å². The van der Waals surface area contributed by atoms with Crippen molar-refractivity contribution in [3.8, 4) is 5.75 Å². The molecule has 0 spiro atoms. The van der Waals surface area contributed by atoms with E-state index in [2.05, 4.69) is 5.32 Å². The Hall–Kier alpha value is -1.56. The molecule has 1 heterocycles. The number of ketones is 1. The first kappa shape index (κ1) is 15.8. The van der Waals surface area contributed by atoms with Gasteiger partial charge in [-0.05, 0) is 44.0 Å². The van der Waals surface area contributed by atoms with E-state index in [4.69, 9.17) is 4.74 Å². The molecule has 21 heavy (non-hydrogen) atoms. The lowest BCUT2D eigenvalue weighted by atomic mass is 9.77. The third-order valence-electron chi connectivity index (χ3n) is 4.02. The number of halogens is 3. The molecule has 6 heteroatoms. The Morgan fingerprint density at radius 2 is 2.00 bits per heavy atom. The van der Waals surface area contributed by atoms with E-state index in [9.17, 15) is 18.0 Å². The summed E-state index contributed by atoms with van der Waals surface area (Å²) in [6.07, 6.45) is -4.83. The highest BCUT2D eigenvalue weighted by Gasteiger charge is 2.61. The molecular weight excluding hydrogens is 283 g/mol. The number of rotatable bonds is 3. The van der Waals surface area contributed by atoms with Crippen molar-refractivity contribution in [3.05, 3.63) is 28.8 Å². The molecule has 1 aromatic carbocycles. The highest BCUT2D eigenvalue weighted by Crippen LogP contribution is 2.47. The number of hydrogen-bond acceptors (Lipinski definition) is 3. The number of nitrogens with one attached hydrogen (secondary N) is 1. The number of Topliss-reactive ketones (excluding diaryl/α,β-unsaturated/α-hetero) is 1. The van der Waals surface area contributed by atoms with Crippen molar-refractivity contribution in [1.82, 2.24) is 5.32 Å². The number of aryl methyl sites for hydroxylation is 2. The fourth-order valence-corrected chi connectivity index (χ4v) is 2.88. The monoisotopic (exact) mass is 301 g/mol. The van der Waals surface area contributed by atoms with Gasteiger partial charge < -0.3 is 10.1 Å². The van der Waals surface area contributed by atoms with Crippen LogP contribution in [0, 0.1) is 19.3 Å². The van der Waals surface area contributed by atoms with Gasteiger partial charge in [-0.15, -0.1) is 0 Å². The molecule has 0 saturated carbocycles. The van der Waals surface area contributed by atoms with Gasteiger partial charge in [0, 0.05) is 6.54 Å².